The van der Waals surface area contributed by atoms with E-state index in [1.54, 1.807) is 13.2 Å². The summed E-state index contributed by atoms with van der Waals surface area (Å²) in [5.41, 5.74) is 0. The van der Waals surface area contributed by atoms with E-state index in [0.717, 1.165) is 0 Å². The van der Waals surface area contributed by atoms with Gasteiger partial charge in [0.05, 0.1) is 0 Å². The van der Waals surface area contributed by atoms with Gasteiger partial charge in [-0.1, -0.05) is 6.92 Å². The summed E-state index contributed by atoms with van der Waals surface area (Å²) < 4.78 is 35.9. The Morgan fingerprint density at radius 3 is 2.00 bits per heavy atom. The molecule has 0 spiro atoms. The molecule has 0 aromatic heterocycles. The molecule has 1 unspecified atom stereocenters. The minimum Gasteiger partial charge on any atom is -0.359 e. The molecule has 0 radical (unpaired) electrons. The molecule has 1 atom stereocenters. The lowest BCUT2D eigenvalue weighted by Gasteiger charge is -2.27. The van der Waals surface area contributed by atoms with Gasteiger partial charge in [-0.05, 0) is 12.7 Å². The van der Waals surface area contributed by atoms with Gasteiger partial charge >= 0.3 is 6.18 Å². The van der Waals surface area contributed by atoms with Crippen molar-refractivity contribution in [2.75, 3.05) is 6.26 Å². The Labute approximate surface area is 79.1 Å². The van der Waals surface area contributed by atoms with Crippen LogP contribution in [0.4, 0.5) is 13.2 Å². The van der Waals surface area contributed by atoms with Crippen molar-refractivity contribution in [3.63, 3.8) is 0 Å². The van der Waals surface area contributed by atoms with E-state index in [4.69, 9.17) is 10.2 Å². The van der Waals surface area contributed by atoms with Gasteiger partial charge in [0.15, 0.2) is 0 Å². The van der Waals surface area contributed by atoms with Gasteiger partial charge < -0.3 is 10.2 Å². The topological polar surface area (TPSA) is 40.5 Å². The van der Waals surface area contributed by atoms with E-state index in [1.807, 2.05) is 0 Å². The molecule has 80 valence electrons. The van der Waals surface area contributed by atoms with E-state index in [2.05, 4.69) is 0 Å². The third-order valence-corrected chi connectivity index (χ3v) is 2.92. The number of hydrogen-bond acceptors (Lipinski definition) is 3. The van der Waals surface area contributed by atoms with Crippen LogP contribution in [0.5, 0.6) is 0 Å². The molecule has 0 aliphatic rings. The standard InChI is InChI=1S/C7H13F3O2S/c1-3-5(13-2)4-6(11,12)7(8,9)10/h5,11-12H,3-4H2,1-2H3. The van der Waals surface area contributed by atoms with Gasteiger partial charge in [-0.3, -0.25) is 0 Å². The predicted molar refractivity (Wildman–Crippen MR) is 45.4 cm³/mol. The number of hydrogen-bond donors (Lipinski definition) is 2. The molecule has 0 saturated carbocycles. The predicted octanol–water partition coefficient (Wildman–Crippen LogP) is 1.76. The highest BCUT2D eigenvalue weighted by Crippen LogP contribution is 2.34. The van der Waals surface area contributed by atoms with Gasteiger partial charge in [-0.25, -0.2) is 0 Å². The van der Waals surface area contributed by atoms with Gasteiger partial charge in [0, 0.05) is 11.7 Å². The number of thioether (sulfide) groups is 1. The molecule has 0 saturated heterocycles. The molecule has 0 aliphatic carbocycles. The summed E-state index contributed by atoms with van der Waals surface area (Å²) in [5, 5.41) is 17.0. The molecule has 0 aromatic carbocycles. The van der Waals surface area contributed by atoms with Crippen molar-refractivity contribution in [2.24, 2.45) is 0 Å². The maximum Gasteiger partial charge on any atom is 0.442 e. The number of rotatable bonds is 4. The van der Waals surface area contributed by atoms with Crippen LogP contribution in [0, 0.1) is 0 Å². The molecule has 0 rings (SSSR count). The second-order valence-electron chi connectivity index (χ2n) is 2.78. The van der Waals surface area contributed by atoms with E-state index in [-0.39, 0.29) is 0 Å². The first kappa shape index (κ1) is 13.1. The van der Waals surface area contributed by atoms with Gasteiger partial charge in [-0.2, -0.15) is 24.9 Å². The molecular formula is C7H13F3O2S. The van der Waals surface area contributed by atoms with E-state index in [1.165, 1.54) is 11.8 Å². The highest BCUT2D eigenvalue weighted by molar-refractivity contribution is 7.99. The van der Waals surface area contributed by atoms with Gasteiger partial charge in [-0.15, -0.1) is 0 Å². The molecule has 0 bridgehead atoms. The van der Waals surface area contributed by atoms with Crippen molar-refractivity contribution in [3.05, 3.63) is 0 Å². The third kappa shape index (κ3) is 3.74. The first-order valence-corrected chi connectivity index (χ1v) is 5.07. The summed E-state index contributed by atoms with van der Waals surface area (Å²) in [6, 6.07) is 0. The van der Waals surface area contributed by atoms with E-state index in [9.17, 15) is 13.2 Å². The summed E-state index contributed by atoms with van der Waals surface area (Å²) in [6.07, 6.45) is -3.55. The van der Waals surface area contributed by atoms with Crippen molar-refractivity contribution in [1.29, 1.82) is 0 Å². The Kier molecular flexibility index (Phi) is 4.54. The summed E-state index contributed by atoms with van der Waals surface area (Å²) in [5.74, 6) is -3.56. The van der Waals surface area contributed by atoms with Crippen LogP contribution in [0.3, 0.4) is 0 Å². The SMILES string of the molecule is CCC(CC(O)(O)C(F)(F)F)SC. The summed E-state index contributed by atoms with van der Waals surface area (Å²) in [4.78, 5) is 0. The third-order valence-electron chi connectivity index (χ3n) is 1.75. The lowest BCUT2D eigenvalue weighted by atomic mass is 10.1. The first-order chi connectivity index (χ1) is 5.74. The Morgan fingerprint density at radius 1 is 1.31 bits per heavy atom. The molecule has 0 aliphatic heterocycles. The minimum absolute atomic E-state index is 0.392. The van der Waals surface area contributed by atoms with Gasteiger partial charge in [0.2, 0.25) is 0 Å². The molecule has 0 aromatic rings. The maximum absolute atomic E-state index is 12.0. The molecule has 0 heterocycles. The molecule has 0 amide bonds. The van der Waals surface area contributed by atoms with E-state index >= 15 is 0 Å². The van der Waals surface area contributed by atoms with Crippen LogP contribution < -0.4 is 0 Å². The van der Waals surface area contributed by atoms with Crippen LogP contribution in [-0.4, -0.2) is 33.7 Å². The number of aliphatic hydroxyl groups is 2. The maximum atomic E-state index is 12.0. The van der Waals surface area contributed by atoms with Crippen LogP contribution in [0.15, 0.2) is 0 Å². The quantitative estimate of drug-likeness (QED) is 0.706. The Hall–Kier alpha value is 0.0600. The lowest BCUT2D eigenvalue weighted by molar-refractivity contribution is -0.350. The van der Waals surface area contributed by atoms with Crippen molar-refractivity contribution < 1.29 is 23.4 Å². The fraction of sp³-hybridized carbons (Fsp3) is 1.00. The largest absolute Gasteiger partial charge is 0.442 e. The Bertz CT molecular complexity index is 154. The highest BCUT2D eigenvalue weighted by Gasteiger charge is 2.53. The highest BCUT2D eigenvalue weighted by atomic mass is 32.2. The fourth-order valence-corrected chi connectivity index (χ4v) is 1.56. The molecule has 2 N–H and O–H groups in total. The normalized spacial score (nSPS) is 15.9. The van der Waals surface area contributed by atoms with Crippen molar-refractivity contribution >= 4 is 11.8 Å². The van der Waals surface area contributed by atoms with Crippen LogP contribution >= 0.6 is 11.8 Å². The van der Waals surface area contributed by atoms with Crippen LogP contribution in [0.2, 0.25) is 0 Å². The average Bonchev–Trinajstić information content (AvgIpc) is 1.98. The average molecular weight is 218 g/mol. The number of halogens is 3. The second kappa shape index (κ2) is 4.52. The van der Waals surface area contributed by atoms with Crippen LogP contribution in [0.25, 0.3) is 0 Å². The zero-order valence-electron chi connectivity index (χ0n) is 7.43. The first-order valence-electron chi connectivity index (χ1n) is 3.79. The van der Waals surface area contributed by atoms with Crippen molar-refractivity contribution in [3.8, 4) is 0 Å². The fourth-order valence-electron chi connectivity index (χ4n) is 0.828. The molecule has 2 nitrogen and oxygen atoms in total. The molecule has 0 fully saturated rings. The summed E-state index contributed by atoms with van der Waals surface area (Å²) >= 11 is 1.19. The van der Waals surface area contributed by atoms with E-state index < -0.39 is 23.6 Å². The molecular weight excluding hydrogens is 205 g/mol. The smallest absolute Gasteiger partial charge is 0.359 e. The van der Waals surface area contributed by atoms with E-state index in [0.29, 0.717) is 6.42 Å². The van der Waals surface area contributed by atoms with Gasteiger partial charge in [0.25, 0.3) is 5.79 Å². The Morgan fingerprint density at radius 2 is 1.77 bits per heavy atom. The number of alkyl halides is 3. The summed E-state index contributed by atoms with van der Waals surface area (Å²) in [7, 11) is 0. The zero-order chi connectivity index (χ0) is 10.7. The monoisotopic (exact) mass is 218 g/mol. The molecule has 13 heavy (non-hydrogen) atoms. The Balaban J connectivity index is 4.31. The van der Waals surface area contributed by atoms with Crippen LogP contribution in [-0.2, 0) is 0 Å². The molecule has 6 heteroatoms. The zero-order valence-corrected chi connectivity index (χ0v) is 8.24. The summed E-state index contributed by atoms with van der Waals surface area (Å²) in [6.45, 7) is 1.70. The lowest BCUT2D eigenvalue weighted by Crippen LogP contribution is -2.46. The van der Waals surface area contributed by atoms with Crippen molar-refractivity contribution in [2.45, 2.75) is 37.0 Å². The second-order valence-corrected chi connectivity index (χ2v) is 3.92. The van der Waals surface area contributed by atoms with Crippen molar-refractivity contribution in [1.82, 2.24) is 0 Å². The van der Waals surface area contributed by atoms with Gasteiger partial charge in [0.1, 0.15) is 0 Å². The minimum atomic E-state index is -4.98. The van der Waals surface area contributed by atoms with Crippen LogP contribution in [0.1, 0.15) is 19.8 Å².